The Morgan fingerprint density at radius 1 is 1.33 bits per heavy atom. The summed E-state index contributed by atoms with van der Waals surface area (Å²) in [7, 11) is -2.11. The van der Waals surface area contributed by atoms with Crippen molar-refractivity contribution in [1.82, 2.24) is 4.72 Å². The first-order valence-corrected chi connectivity index (χ1v) is 7.07. The van der Waals surface area contributed by atoms with E-state index in [2.05, 4.69) is 4.72 Å². The zero-order valence-corrected chi connectivity index (χ0v) is 11.3. The fraction of sp³-hybridized carbons (Fsp3) is 0.417. The van der Waals surface area contributed by atoms with Crippen LogP contribution < -0.4 is 4.72 Å². The Morgan fingerprint density at radius 2 is 2.00 bits per heavy atom. The summed E-state index contributed by atoms with van der Waals surface area (Å²) in [5.41, 5.74) is 0.487. The topological polar surface area (TPSA) is 72.5 Å². The Labute approximate surface area is 107 Å². The highest BCUT2D eigenvalue weighted by molar-refractivity contribution is 7.89. The molecule has 100 valence electrons. The van der Waals surface area contributed by atoms with Gasteiger partial charge in [0, 0.05) is 20.1 Å². The molecule has 5 nitrogen and oxygen atoms in total. The first-order chi connectivity index (χ1) is 8.51. The van der Waals surface area contributed by atoms with E-state index in [9.17, 15) is 13.2 Å². The molecule has 0 spiro atoms. The van der Waals surface area contributed by atoms with E-state index < -0.39 is 10.0 Å². The predicted molar refractivity (Wildman–Crippen MR) is 67.9 cm³/mol. The van der Waals surface area contributed by atoms with Gasteiger partial charge in [-0.3, -0.25) is 4.79 Å². The van der Waals surface area contributed by atoms with Crippen LogP contribution in [0.25, 0.3) is 0 Å². The molecule has 0 atom stereocenters. The van der Waals surface area contributed by atoms with Crippen LogP contribution in [-0.2, 0) is 26.0 Å². The minimum absolute atomic E-state index is 0.0183. The minimum Gasteiger partial charge on any atom is -0.377 e. The predicted octanol–water partition coefficient (Wildman–Crippen LogP) is 0.743. The molecule has 1 aromatic carbocycles. The number of carbonyl (C=O) groups excluding carboxylic acids is 1. The SMILES string of the molecule is CCNS(=O)(=O)c1ccccc1CC(=O)COC. The fourth-order valence-electron chi connectivity index (χ4n) is 1.60. The highest BCUT2D eigenvalue weighted by atomic mass is 32.2. The van der Waals surface area contributed by atoms with Gasteiger partial charge in [-0.2, -0.15) is 0 Å². The van der Waals surface area contributed by atoms with E-state index in [1.807, 2.05) is 0 Å². The van der Waals surface area contributed by atoms with Crippen molar-refractivity contribution < 1.29 is 17.9 Å². The van der Waals surface area contributed by atoms with Gasteiger partial charge in [-0.15, -0.1) is 0 Å². The summed E-state index contributed by atoms with van der Waals surface area (Å²) >= 11 is 0. The second kappa shape index (κ2) is 6.63. The Kier molecular flexibility index (Phi) is 5.46. The molecule has 1 aromatic rings. The van der Waals surface area contributed by atoms with Gasteiger partial charge in [-0.1, -0.05) is 25.1 Å². The van der Waals surface area contributed by atoms with Crippen molar-refractivity contribution in [3.8, 4) is 0 Å². The van der Waals surface area contributed by atoms with Crippen LogP contribution >= 0.6 is 0 Å². The van der Waals surface area contributed by atoms with Crippen molar-refractivity contribution >= 4 is 15.8 Å². The van der Waals surface area contributed by atoms with Crippen LogP contribution in [0.5, 0.6) is 0 Å². The summed E-state index contributed by atoms with van der Waals surface area (Å²) in [5, 5.41) is 0. The third-order valence-electron chi connectivity index (χ3n) is 2.29. The van der Waals surface area contributed by atoms with E-state index >= 15 is 0 Å². The molecule has 0 unspecified atom stereocenters. The quantitative estimate of drug-likeness (QED) is 0.794. The summed E-state index contributed by atoms with van der Waals surface area (Å²) in [6.45, 7) is 1.99. The van der Waals surface area contributed by atoms with Crippen molar-refractivity contribution in [3.05, 3.63) is 29.8 Å². The van der Waals surface area contributed by atoms with Gasteiger partial charge in [-0.05, 0) is 11.6 Å². The van der Waals surface area contributed by atoms with E-state index in [4.69, 9.17) is 4.74 Å². The van der Waals surface area contributed by atoms with Crippen LogP contribution in [-0.4, -0.2) is 34.5 Å². The third kappa shape index (κ3) is 3.90. The standard InChI is InChI=1S/C12H17NO4S/c1-3-13-18(15,16)12-7-5-4-6-10(12)8-11(14)9-17-2/h4-7,13H,3,8-9H2,1-2H3. The smallest absolute Gasteiger partial charge is 0.240 e. The van der Waals surface area contributed by atoms with E-state index in [1.54, 1.807) is 25.1 Å². The lowest BCUT2D eigenvalue weighted by Gasteiger charge is -2.09. The number of hydrogen-bond donors (Lipinski definition) is 1. The molecule has 0 saturated heterocycles. The largest absolute Gasteiger partial charge is 0.377 e. The molecule has 0 radical (unpaired) electrons. The minimum atomic E-state index is -3.54. The molecule has 0 heterocycles. The molecule has 0 bridgehead atoms. The number of nitrogens with one attached hydrogen (secondary N) is 1. The van der Waals surface area contributed by atoms with Crippen molar-refractivity contribution in [2.24, 2.45) is 0 Å². The number of ether oxygens (including phenoxy) is 1. The fourth-order valence-corrected chi connectivity index (χ4v) is 2.88. The molecule has 1 rings (SSSR count). The Morgan fingerprint density at radius 3 is 2.61 bits per heavy atom. The van der Waals surface area contributed by atoms with Crippen molar-refractivity contribution in [3.63, 3.8) is 0 Å². The monoisotopic (exact) mass is 271 g/mol. The van der Waals surface area contributed by atoms with E-state index in [0.29, 0.717) is 12.1 Å². The Hall–Kier alpha value is -1.24. The molecular weight excluding hydrogens is 254 g/mol. The molecule has 0 amide bonds. The maximum absolute atomic E-state index is 11.9. The van der Waals surface area contributed by atoms with Crippen LogP contribution in [0.1, 0.15) is 12.5 Å². The van der Waals surface area contributed by atoms with E-state index in [-0.39, 0.29) is 23.7 Å². The highest BCUT2D eigenvalue weighted by Gasteiger charge is 2.18. The van der Waals surface area contributed by atoms with Crippen LogP contribution in [0.15, 0.2) is 29.2 Å². The molecule has 1 N–H and O–H groups in total. The van der Waals surface area contributed by atoms with Gasteiger partial charge in [0.15, 0.2) is 5.78 Å². The Balaban J connectivity index is 3.03. The zero-order valence-electron chi connectivity index (χ0n) is 10.5. The van der Waals surface area contributed by atoms with Gasteiger partial charge >= 0.3 is 0 Å². The lowest BCUT2D eigenvalue weighted by molar-refractivity contribution is -0.122. The first kappa shape index (κ1) is 14.8. The Bertz CT molecular complexity index is 511. The molecule has 0 aliphatic carbocycles. The van der Waals surface area contributed by atoms with Gasteiger partial charge in [0.2, 0.25) is 10.0 Å². The summed E-state index contributed by atoms with van der Waals surface area (Å²) < 4.78 is 31.0. The lowest BCUT2D eigenvalue weighted by Crippen LogP contribution is -2.25. The second-order valence-corrected chi connectivity index (χ2v) is 5.49. The van der Waals surface area contributed by atoms with Crippen LogP contribution in [0, 0.1) is 0 Å². The van der Waals surface area contributed by atoms with Crippen LogP contribution in [0.2, 0.25) is 0 Å². The number of rotatable bonds is 7. The summed E-state index contributed by atoms with van der Waals surface area (Å²) in [4.78, 5) is 11.7. The summed E-state index contributed by atoms with van der Waals surface area (Å²) in [5.74, 6) is -0.156. The normalized spacial score (nSPS) is 11.4. The maximum Gasteiger partial charge on any atom is 0.240 e. The van der Waals surface area contributed by atoms with Crippen LogP contribution in [0.3, 0.4) is 0 Å². The van der Waals surface area contributed by atoms with Gasteiger partial charge in [0.05, 0.1) is 4.90 Å². The molecule has 0 aliphatic rings. The van der Waals surface area contributed by atoms with Crippen molar-refractivity contribution in [1.29, 1.82) is 0 Å². The van der Waals surface area contributed by atoms with Crippen LogP contribution in [0.4, 0.5) is 0 Å². The second-order valence-electron chi connectivity index (χ2n) is 3.76. The van der Waals surface area contributed by atoms with Gasteiger partial charge in [-0.25, -0.2) is 13.1 Å². The number of Topliss-reactive ketones (excluding diaryl/α,β-unsaturated/α-hetero) is 1. The molecule has 18 heavy (non-hydrogen) atoms. The average Bonchev–Trinajstić information content (AvgIpc) is 2.29. The highest BCUT2D eigenvalue weighted by Crippen LogP contribution is 2.16. The molecule has 0 saturated carbocycles. The third-order valence-corrected chi connectivity index (χ3v) is 3.94. The zero-order chi connectivity index (χ0) is 13.6. The van der Waals surface area contributed by atoms with Gasteiger partial charge < -0.3 is 4.74 Å². The number of ketones is 1. The number of methoxy groups -OCH3 is 1. The number of benzene rings is 1. The van der Waals surface area contributed by atoms with Crippen molar-refractivity contribution in [2.45, 2.75) is 18.2 Å². The van der Waals surface area contributed by atoms with Crippen molar-refractivity contribution in [2.75, 3.05) is 20.3 Å². The molecule has 6 heteroatoms. The summed E-state index contributed by atoms with van der Waals surface area (Å²) in [6.07, 6.45) is 0.0502. The first-order valence-electron chi connectivity index (χ1n) is 5.59. The molecule has 0 aliphatic heterocycles. The molecule has 0 aromatic heterocycles. The lowest BCUT2D eigenvalue weighted by atomic mass is 10.1. The van der Waals surface area contributed by atoms with Gasteiger partial charge in [0.25, 0.3) is 0 Å². The number of hydrogen-bond acceptors (Lipinski definition) is 4. The van der Waals surface area contributed by atoms with E-state index in [0.717, 1.165) is 0 Å². The number of sulfonamides is 1. The number of carbonyl (C=O) groups is 1. The van der Waals surface area contributed by atoms with E-state index in [1.165, 1.54) is 13.2 Å². The average molecular weight is 271 g/mol. The maximum atomic E-state index is 11.9. The summed E-state index contributed by atoms with van der Waals surface area (Å²) in [6, 6.07) is 6.47. The molecular formula is C12H17NO4S. The molecule has 0 fully saturated rings. The van der Waals surface area contributed by atoms with Gasteiger partial charge in [0.1, 0.15) is 6.61 Å².